The highest BCUT2D eigenvalue weighted by atomic mass is 79.9. The van der Waals surface area contributed by atoms with Crippen molar-refractivity contribution in [2.75, 3.05) is 0 Å². The number of hydrogen-bond donors (Lipinski definition) is 1. The predicted molar refractivity (Wildman–Crippen MR) is 80.5 cm³/mol. The zero-order chi connectivity index (χ0) is 14.8. The first-order valence-corrected chi connectivity index (χ1v) is 6.52. The molecule has 1 atom stereocenters. The molecule has 2 N–H and O–H groups in total. The van der Waals surface area contributed by atoms with Gasteiger partial charge in [-0.3, -0.25) is 0 Å². The van der Waals surface area contributed by atoms with E-state index < -0.39 is 12.4 Å². The van der Waals surface area contributed by atoms with Crippen molar-refractivity contribution < 1.29 is 17.9 Å². The van der Waals surface area contributed by atoms with Gasteiger partial charge in [-0.25, -0.2) is 0 Å². The summed E-state index contributed by atoms with van der Waals surface area (Å²) in [5.74, 6) is -0.263. The molecule has 0 radical (unpaired) electrons. The molecule has 2 aromatic rings. The van der Waals surface area contributed by atoms with E-state index in [4.69, 9.17) is 5.73 Å². The summed E-state index contributed by atoms with van der Waals surface area (Å²) in [5, 5.41) is 0. The van der Waals surface area contributed by atoms with Crippen LogP contribution in [0.1, 0.15) is 17.2 Å². The number of benzene rings is 2. The maximum absolute atomic E-state index is 12.1. The van der Waals surface area contributed by atoms with Crippen LogP contribution in [-0.2, 0) is 0 Å². The molecule has 0 saturated heterocycles. The summed E-state index contributed by atoms with van der Waals surface area (Å²) in [6, 6.07) is 12.5. The van der Waals surface area contributed by atoms with Gasteiger partial charge in [0.05, 0.1) is 6.04 Å². The lowest BCUT2D eigenvalue weighted by Gasteiger charge is -2.15. The van der Waals surface area contributed by atoms with E-state index in [1.165, 1.54) is 24.3 Å². The highest BCUT2D eigenvalue weighted by Gasteiger charge is 2.31. The van der Waals surface area contributed by atoms with E-state index >= 15 is 0 Å². The molecule has 7 heteroatoms. The molecule has 0 aromatic heterocycles. The quantitative estimate of drug-likeness (QED) is 0.826. The minimum Gasteiger partial charge on any atom is -0.406 e. The van der Waals surface area contributed by atoms with Gasteiger partial charge in [0, 0.05) is 4.47 Å². The second-order valence-corrected chi connectivity index (χ2v) is 4.97. The van der Waals surface area contributed by atoms with Crippen molar-refractivity contribution in [2.24, 2.45) is 5.73 Å². The van der Waals surface area contributed by atoms with E-state index in [1.807, 2.05) is 24.3 Å². The van der Waals surface area contributed by atoms with Crippen LogP contribution in [0.5, 0.6) is 5.75 Å². The van der Waals surface area contributed by atoms with Gasteiger partial charge in [0.1, 0.15) is 5.75 Å². The maximum Gasteiger partial charge on any atom is 0.573 e. The van der Waals surface area contributed by atoms with Crippen molar-refractivity contribution in [3.8, 4) is 5.75 Å². The monoisotopic (exact) mass is 381 g/mol. The first-order valence-electron chi connectivity index (χ1n) is 5.72. The van der Waals surface area contributed by atoms with Crippen molar-refractivity contribution in [2.45, 2.75) is 12.4 Å². The van der Waals surface area contributed by atoms with E-state index in [1.54, 1.807) is 0 Å². The normalized spacial score (nSPS) is 12.4. The smallest absolute Gasteiger partial charge is 0.406 e. The van der Waals surface area contributed by atoms with Gasteiger partial charge in [-0.2, -0.15) is 0 Å². The molecule has 2 rings (SSSR count). The van der Waals surface area contributed by atoms with Gasteiger partial charge in [-0.15, -0.1) is 25.6 Å². The number of alkyl halides is 3. The van der Waals surface area contributed by atoms with Crippen LogP contribution in [-0.4, -0.2) is 6.36 Å². The van der Waals surface area contributed by atoms with Crippen molar-refractivity contribution in [1.82, 2.24) is 0 Å². The fourth-order valence-corrected chi connectivity index (χ4v) is 2.32. The number of ether oxygens (including phenoxy) is 1. The lowest BCUT2D eigenvalue weighted by molar-refractivity contribution is -0.274. The van der Waals surface area contributed by atoms with Crippen LogP contribution >= 0.6 is 28.3 Å². The summed E-state index contributed by atoms with van der Waals surface area (Å²) in [6.45, 7) is 0. The number of halogens is 5. The number of nitrogens with two attached hydrogens (primary N) is 1. The molecule has 0 amide bonds. The molecule has 0 aliphatic carbocycles. The maximum atomic E-state index is 12.1. The fraction of sp³-hybridized carbons (Fsp3) is 0.143. The first-order chi connectivity index (χ1) is 9.37. The zero-order valence-corrected chi connectivity index (χ0v) is 13.0. The van der Waals surface area contributed by atoms with Crippen LogP contribution in [0.4, 0.5) is 13.2 Å². The van der Waals surface area contributed by atoms with Gasteiger partial charge < -0.3 is 10.5 Å². The Hall–Kier alpha value is -1.24. The molecule has 0 aliphatic rings. The van der Waals surface area contributed by atoms with Gasteiger partial charge in [0.15, 0.2) is 0 Å². The third kappa shape index (κ3) is 4.91. The summed E-state index contributed by atoms with van der Waals surface area (Å²) in [6.07, 6.45) is -4.69. The standard InChI is InChI=1S/C14H11BrF3NO.ClH/c15-12-4-2-1-3-11(12)13(19)9-5-7-10(8-6-9)20-14(16,17)18;/h1-8,13H,19H2;1H/t13-;/m1./s1. The van der Waals surface area contributed by atoms with Gasteiger partial charge in [0.25, 0.3) is 0 Å². The van der Waals surface area contributed by atoms with E-state index in [-0.39, 0.29) is 18.2 Å². The Labute approximate surface area is 134 Å². The van der Waals surface area contributed by atoms with Crippen molar-refractivity contribution >= 4 is 28.3 Å². The Morgan fingerprint density at radius 2 is 1.57 bits per heavy atom. The van der Waals surface area contributed by atoms with Gasteiger partial charge in [-0.05, 0) is 29.3 Å². The Bertz CT molecular complexity index is 590. The topological polar surface area (TPSA) is 35.2 Å². The van der Waals surface area contributed by atoms with E-state index in [0.717, 1.165) is 10.0 Å². The molecule has 0 aliphatic heterocycles. The largest absolute Gasteiger partial charge is 0.573 e. The van der Waals surface area contributed by atoms with Crippen LogP contribution in [0.15, 0.2) is 53.0 Å². The highest BCUT2D eigenvalue weighted by molar-refractivity contribution is 9.10. The lowest BCUT2D eigenvalue weighted by Crippen LogP contribution is -2.17. The summed E-state index contributed by atoms with van der Waals surface area (Å²) >= 11 is 3.39. The van der Waals surface area contributed by atoms with Gasteiger partial charge >= 0.3 is 6.36 Å². The SMILES string of the molecule is Cl.N[C@H](c1ccc(OC(F)(F)F)cc1)c1ccccc1Br. The Kier molecular flexibility index (Phi) is 6.07. The summed E-state index contributed by atoms with van der Waals surface area (Å²) in [7, 11) is 0. The molecule has 114 valence electrons. The van der Waals surface area contributed by atoms with Crippen LogP contribution in [0.2, 0.25) is 0 Å². The molecule has 2 aromatic carbocycles. The zero-order valence-electron chi connectivity index (χ0n) is 10.6. The molecular formula is C14H12BrClF3NO. The summed E-state index contributed by atoms with van der Waals surface area (Å²) in [4.78, 5) is 0. The average Bonchev–Trinajstić information content (AvgIpc) is 2.37. The first kappa shape index (κ1) is 17.8. The predicted octanol–water partition coefficient (Wildman–Crippen LogP) is 4.82. The third-order valence-corrected chi connectivity index (χ3v) is 3.44. The number of hydrogen-bond acceptors (Lipinski definition) is 2. The second kappa shape index (κ2) is 7.15. The van der Waals surface area contributed by atoms with Gasteiger partial charge in [-0.1, -0.05) is 46.3 Å². The Morgan fingerprint density at radius 1 is 1.00 bits per heavy atom. The number of rotatable bonds is 3. The van der Waals surface area contributed by atoms with Gasteiger partial charge in [0.2, 0.25) is 0 Å². The Morgan fingerprint density at radius 3 is 2.10 bits per heavy atom. The molecular weight excluding hydrogens is 371 g/mol. The molecule has 2 nitrogen and oxygen atoms in total. The van der Waals surface area contributed by atoms with Crippen molar-refractivity contribution in [1.29, 1.82) is 0 Å². The van der Waals surface area contributed by atoms with E-state index in [9.17, 15) is 13.2 Å². The van der Waals surface area contributed by atoms with E-state index in [0.29, 0.717) is 5.56 Å². The van der Waals surface area contributed by atoms with Crippen molar-refractivity contribution in [3.63, 3.8) is 0 Å². The van der Waals surface area contributed by atoms with E-state index in [2.05, 4.69) is 20.7 Å². The van der Waals surface area contributed by atoms with Crippen molar-refractivity contribution in [3.05, 3.63) is 64.1 Å². The summed E-state index contributed by atoms with van der Waals surface area (Å²) in [5.41, 5.74) is 7.66. The lowest BCUT2D eigenvalue weighted by atomic mass is 10.00. The second-order valence-electron chi connectivity index (χ2n) is 4.12. The third-order valence-electron chi connectivity index (χ3n) is 2.71. The van der Waals surface area contributed by atoms with Crippen LogP contribution in [0, 0.1) is 0 Å². The Balaban J connectivity index is 0.00000220. The molecule has 0 heterocycles. The summed E-state index contributed by atoms with van der Waals surface area (Å²) < 4.78 is 40.9. The molecule has 21 heavy (non-hydrogen) atoms. The minimum absolute atomic E-state index is 0. The molecule has 0 fully saturated rings. The van der Waals surface area contributed by atoms with Crippen LogP contribution in [0.25, 0.3) is 0 Å². The fourth-order valence-electron chi connectivity index (χ4n) is 1.78. The molecule has 0 bridgehead atoms. The molecule has 0 saturated carbocycles. The minimum atomic E-state index is -4.69. The van der Waals surface area contributed by atoms with Crippen LogP contribution < -0.4 is 10.5 Å². The molecule has 0 unspecified atom stereocenters. The van der Waals surface area contributed by atoms with Crippen LogP contribution in [0.3, 0.4) is 0 Å². The molecule has 0 spiro atoms. The highest BCUT2D eigenvalue weighted by Crippen LogP contribution is 2.29. The average molecular weight is 383 g/mol.